The van der Waals surface area contributed by atoms with Gasteiger partial charge in [0.2, 0.25) is 5.43 Å². The molecule has 0 radical (unpaired) electrons. The molecule has 11 heteroatoms. The molecule has 4 rings (SSSR count). The quantitative estimate of drug-likeness (QED) is 0.775. The predicted molar refractivity (Wildman–Crippen MR) is 95.3 cm³/mol. The molecule has 1 saturated heterocycles. The number of pyridine rings is 1. The van der Waals surface area contributed by atoms with Crippen molar-refractivity contribution < 1.29 is 32.6 Å². The highest BCUT2D eigenvalue weighted by Gasteiger charge is 2.43. The summed E-state index contributed by atoms with van der Waals surface area (Å²) >= 11 is 0. The van der Waals surface area contributed by atoms with E-state index in [0.29, 0.717) is 25.2 Å². The number of benzene rings is 1. The van der Waals surface area contributed by atoms with E-state index >= 15 is 0 Å². The van der Waals surface area contributed by atoms with Gasteiger partial charge in [0.1, 0.15) is 23.0 Å². The van der Waals surface area contributed by atoms with Gasteiger partial charge >= 0.3 is 0 Å². The fourth-order valence-electron chi connectivity index (χ4n) is 3.75. The largest absolute Gasteiger partial charge is 0.503 e. The van der Waals surface area contributed by atoms with Gasteiger partial charge in [-0.2, -0.15) is 0 Å². The molecule has 2 aliphatic heterocycles. The van der Waals surface area contributed by atoms with Gasteiger partial charge in [-0.3, -0.25) is 14.4 Å². The van der Waals surface area contributed by atoms with Crippen LogP contribution in [0.3, 0.4) is 0 Å². The lowest BCUT2D eigenvalue weighted by Gasteiger charge is -2.36. The van der Waals surface area contributed by atoms with Gasteiger partial charge in [0.25, 0.3) is 11.8 Å². The van der Waals surface area contributed by atoms with E-state index in [1.165, 1.54) is 16.5 Å². The van der Waals surface area contributed by atoms with E-state index in [-0.39, 0.29) is 5.69 Å². The molecule has 2 aliphatic rings. The molecule has 2 N–H and O–H groups in total. The molecule has 158 valence electrons. The number of aromatic hydroxyl groups is 1. The smallest absolute Gasteiger partial charge is 0.276 e. The third-order valence-corrected chi connectivity index (χ3v) is 5.28. The van der Waals surface area contributed by atoms with E-state index in [4.69, 9.17) is 4.74 Å². The van der Waals surface area contributed by atoms with Gasteiger partial charge in [0.15, 0.2) is 17.7 Å². The Kier molecular flexibility index (Phi) is 4.77. The number of likely N-dealkylation sites (N-methyl/N-ethyl adjacent to an activating group) is 1. The topological polar surface area (TPSA) is 101 Å². The average Bonchev–Trinajstić information content (AvgIpc) is 3.17. The third kappa shape index (κ3) is 3.02. The highest BCUT2D eigenvalue weighted by molar-refractivity contribution is 5.99. The van der Waals surface area contributed by atoms with Crippen LogP contribution in [0.1, 0.15) is 38.9 Å². The summed E-state index contributed by atoms with van der Waals surface area (Å²) in [6.07, 6.45) is 0.983. The Morgan fingerprint density at radius 2 is 1.93 bits per heavy atom. The molecule has 2 atom stereocenters. The second kappa shape index (κ2) is 7.17. The van der Waals surface area contributed by atoms with Gasteiger partial charge in [-0.25, -0.2) is 13.2 Å². The van der Waals surface area contributed by atoms with Crippen molar-refractivity contribution in [3.05, 3.63) is 62.8 Å². The number of ether oxygens (including phenoxy) is 1. The standard InChI is InChI=1S/C19H16F3N3O5/c1-24-18(29)14-16(27)15(26)10(7-25(14)13-2-3-30-19(13)24)17(28)23-6-9-11(21)4-8(20)5-12(9)22/h4-5,7,13,19,27H,2-3,6H2,1H3,(H,23,28)/t13-,19+/m0/s1. The Balaban J connectivity index is 1.68. The molecule has 0 bridgehead atoms. The molecule has 2 aromatic rings. The maximum atomic E-state index is 13.8. The van der Waals surface area contributed by atoms with Crippen LogP contribution >= 0.6 is 0 Å². The summed E-state index contributed by atoms with van der Waals surface area (Å²) in [6.45, 7) is -0.320. The van der Waals surface area contributed by atoms with Crippen molar-refractivity contribution in [1.82, 2.24) is 14.8 Å². The molecule has 3 heterocycles. The maximum Gasteiger partial charge on any atom is 0.276 e. The molecule has 0 spiro atoms. The van der Waals surface area contributed by atoms with Crippen LogP contribution in [0.4, 0.5) is 13.2 Å². The van der Waals surface area contributed by atoms with Crippen LogP contribution in [0, 0.1) is 17.5 Å². The van der Waals surface area contributed by atoms with Crippen LogP contribution in [-0.4, -0.2) is 46.3 Å². The number of hydrogen-bond acceptors (Lipinski definition) is 5. The first-order valence-electron chi connectivity index (χ1n) is 8.99. The van der Waals surface area contributed by atoms with Gasteiger partial charge in [-0.05, 0) is 6.42 Å². The van der Waals surface area contributed by atoms with Crippen molar-refractivity contribution in [3.8, 4) is 5.75 Å². The number of nitrogens with one attached hydrogen (secondary N) is 1. The highest BCUT2D eigenvalue weighted by atomic mass is 19.1. The van der Waals surface area contributed by atoms with Crippen LogP contribution in [0.2, 0.25) is 0 Å². The Labute approximate surface area is 167 Å². The van der Waals surface area contributed by atoms with Crippen LogP contribution < -0.4 is 10.7 Å². The van der Waals surface area contributed by atoms with E-state index in [0.717, 1.165) is 6.20 Å². The van der Waals surface area contributed by atoms with Crippen molar-refractivity contribution in [2.75, 3.05) is 13.7 Å². The first kappa shape index (κ1) is 20.0. The molecule has 1 fully saturated rings. The van der Waals surface area contributed by atoms with Gasteiger partial charge in [-0.15, -0.1) is 0 Å². The first-order valence-corrected chi connectivity index (χ1v) is 8.99. The highest BCUT2D eigenvalue weighted by Crippen LogP contribution is 2.36. The monoisotopic (exact) mass is 423 g/mol. The maximum absolute atomic E-state index is 13.8. The zero-order valence-corrected chi connectivity index (χ0v) is 15.6. The van der Waals surface area contributed by atoms with E-state index in [1.807, 2.05) is 0 Å². The molecule has 2 amide bonds. The van der Waals surface area contributed by atoms with Crippen molar-refractivity contribution in [3.63, 3.8) is 0 Å². The van der Waals surface area contributed by atoms with Gasteiger partial charge in [-0.1, -0.05) is 0 Å². The molecule has 1 aromatic heterocycles. The number of hydrogen-bond donors (Lipinski definition) is 2. The number of nitrogens with zero attached hydrogens (tertiary/aromatic N) is 2. The Hall–Kier alpha value is -3.34. The normalized spacial score (nSPS) is 20.1. The minimum Gasteiger partial charge on any atom is -0.503 e. The summed E-state index contributed by atoms with van der Waals surface area (Å²) in [5, 5.41) is 12.5. The molecule has 8 nitrogen and oxygen atoms in total. The fraction of sp³-hybridized carbons (Fsp3) is 0.316. The van der Waals surface area contributed by atoms with Crippen molar-refractivity contribution in [2.45, 2.75) is 25.2 Å². The van der Waals surface area contributed by atoms with Gasteiger partial charge in [0, 0.05) is 37.5 Å². The van der Waals surface area contributed by atoms with E-state index in [9.17, 15) is 32.7 Å². The summed E-state index contributed by atoms with van der Waals surface area (Å²) in [6, 6.07) is 0.506. The molecule has 0 saturated carbocycles. The minimum atomic E-state index is -1.20. The number of amides is 2. The summed E-state index contributed by atoms with van der Waals surface area (Å²) < 4.78 is 47.4. The Morgan fingerprint density at radius 1 is 1.27 bits per heavy atom. The number of aromatic nitrogens is 1. The third-order valence-electron chi connectivity index (χ3n) is 5.28. The van der Waals surface area contributed by atoms with E-state index in [1.54, 1.807) is 0 Å². The van der Waals surface area contributed by atoms with Gasteiger partial charge < -0.3 is 24.6 Å². The van der Waals surface area contributed by atoms with E-state index < -0.39 is 70.4 Å². The zero-order chi connectivity index (χ0) is 21.7. The number of carbonyl (C=O) groups excluding carboxylic acids is 2. The van der Waals surface area contributed by atoms with Crippen molar-refractivity contribution in [1.29, 1.82) is 0 Å². The van der Waals surface area contributed by atoms with Crippen LogP contribution in [0.15, 0.2) is 23.1 Å². The predicted octanol–water partition coefficient (Wildman–Crippen LogP) is 1.27. The number of carbonyl (C=O) groups is 2. The SMILES string of the molecule is CN1C(=O)c2c(O)c(=O)c(C(=O)NCc3c(F)cc(F)cc3F)cn2[C@H]2CCO[C@H]21. The molecule has 0 unspecified atom stereocenters. The lowest BCUT2D eigenvalue weighted by Crippen LogP contribution is -2.48. The molecule has 30 heavy (non-hydrogen) atoms. The Bertz CT molecular complexity index is 1110. The lowest BCUT2D eigenvalue weighted by molar-refractivity contribution is -0.0238. The summed E-state index contributed by atoms with van der Waals surface area (Å²) in [5.74, 6) is -6.06. The summed E-state index contributed by atoms with van der Waals surface area (Å²) in [5.41, 5.74) is -2.46. The van der Waals surface area contributed by atoms with Crippen LogP contribution in [-0.2, 0) is 11.3 Å². The molecule has 0 aliphatic carbocycles. The van der Waals surface area contributed by atoms with Crippen molar-refractivity contribution in [2.24, 2.45) is 0 Å². The van der Waals surface area contributed by atoms with Crippen LogP contribution in [0.5, 0.6) is 5.75 Å². The van der Waals surface area contributed by atoms with Crippen molar-refractivity contribution >= 4 is 11.8 Å². The first-order chi connectivity index (χ1) is 14.2. The lowest BCUT2D eigenvalue weighted by atomic mass is 10.1. The molecule has 1 aromatic carbocycles. The summed E-state index contributed by atoms with van der Waals surface area (Å²) in [4.78, 5) is 38.8. The number of fused-ring (bicyclic) bond motifs is 3. The van der Waals surface area contributed by atoms with Crippen LogP contribution in [0.25, 0.3) is 0 Å². The van der Waals surface area contributed by atoms with Gasteiger partial charge in [0.05, 0.1) is 12.6 Å². The summed E-state index contributed by atoms with van der Waals surface area (Å²) in [7, 11) is 1.48. The fourth-order valence-corrected chi connectivity index (χ4v) is 3.75. The zero-order valence-electron chi connectivity index (χ0n) is 15.6. The van der Waals surface area contributed by atoms with E-state index in [2.05, 4.69) is 5.32 Å². The number of rotatable bonds is 3. The minimum absolute atomic E-state index is 0.263. The number of halogens is 3. The average molecular weight is 423 g/mol. The molecular formula is C19H16F3N3O5. The Morgan fingerprint density at radius 3 is 2.60 bits per heavy atom. The second-order valence-electron chi connectivity index (χ2n) is 7.04. The molecular weight excluding hydrogens is 407 g/mol. The second-order valence-corrected chi connectivity index (χ2v) is 7.04.